The van der Waals surface area contributed by atoms with Gasteiger partial charge < -0.3 is 10.6 Å². The van der Waals surface area contributed by atoms with Gasteiger partial charge in [-0.3, -0.25) is 4.79 Å². The number of hydrogen-bond donors (Lipinski definition) is 2. The first-order valence-electron chi connectivity index (χ1n) is 7.81. The maximum atomic E-state index is 12.3. The van der Waals surface area contributed by atoms with E-state index in [9.17, 15) is 4.79 Å². The highest BCUT2D eigenvalue weighted by molar-refractivity contribution is 9.10. The van der Waals surface area contributed by atoms with Crippen LogP contribution in [0, 0.1) is 6.92 Å². The van der Waals surface area contributed by atoms with Crippen LogP contribution in [0.5, 0.6) is 0 Å². The van der Waals surface area contributed by atoms with Crippen LogP contribution < -0.4 is 10.6 Å². The van der Waals surface area contributed by atoms with E-state index in [1.165, 1.54) is 0 Å². The van der Waals surface area contributed by atoms with Crippen LogP contribution in [0.4, 0.5) is 11.5 Å². The monoisotopic (exact) mass is 396 g/mol. The Morgan fingerprint density at radius 3 is 2.52 bits per heavy atom. The molecule has 0 saturated heterocycles. The molecule has 25 heavy (non-hydrogen) atoms. The summed E-state index contributed by atoms with van der Waals surface area (Å²) in [6.07, 6.45) is 0. The fraction of sp³-hybridized carbons (Fsp3) is 0.105. The number of halogens is 1. The average Bonchev–Trinajstić information content (AvgIpc) is 2.64. The van der Waals surface area contributed by atoms with Gasteiger partial charge in [-0.2, -0.15) is 0 Å². The highest BCUT2D eigenvalue weighted by Gasteiger charge is 2.09. The lowest BCUT2D eigenvalue weighted by atomic mass is 10.2. The van der Waals surface area contributed by atoms with Crippen molar-refractivity contribution < 1.29 is 4.79 Å². The number of aryl methyl sites for hydroxylation is 1. The summed E-state index contributed by atoms with van der Waals surface area (Å²) >= 11 is 3.45. The molecule has 6 heteroatoms. The molecule has 1 aromatic heterocycles. The van der Waals surface area contributed by atoms with Gasteiger partial charge in [-0.25, -0.2) is 0 Å². The summed E-state index contributed by atoms with van der Waals surface area (Å²) < 4.78 is 0.942. The zero-order valence-corrected chi connectivity index (χ0v) is 15.2. The number of aromatic nitrogens is 2. The second kappa shape index (κ2) is 7.90. The Hall–Kier alpha value is -2.73. The molecule has 0 saturated carbocycles. The lowest BCUT2D eigenvalue weighted by molar-refractivity contribution is 0.102. The van der Waals surface area contributed by atoms with Crippen molar-refractivity contribution in [3.05, 3.63) is 82.0 Å². The molecule has 0 aliphatic heterocycles. The molecule has 0 atom stereocenters. The summed E-state index contributed by atoms with van der Waals surface area (Å²) in [5.74, 6) is 0.330. The Morgan fingerprint density at radius 1 is 1.04 bits per heavy atom. The Balaban J connectivity index is 1.61. The molecule has 5 nitrogen and oxygen atoms in total. The van der Waals surface area contributed by atoms with Gasteiger partial charge >= 0.3 is 0 Å². The van der Waals surface area contributed by atoms with Crippen LogP contribution >= 0.6 is 15.9 Å². The van der Waals surface area contributed by atoms with E-state index in [0.29, 0.717) is 18.1 Å². The van der Waals surface area contributed by atoms with Crippen molar-refractivity contribution in [3.63, 3.8) is 0 Å². The van der Waals surface area contributed by atoms with Crippen LogP contribution in [0.25, 0.3) is 0 Å². The predicted molar refractivity (Wildman–Crippen MR) is 103 cm³/mol. The zero-order valence-electron chi connectivity index (χ0n) is 13.7. The molecule has 3 aromatic rings. The number of benzene rings is 2. The van der Waals surface area contributed by atoms with Gasteiger partial charge in [0, 0.05) is 16.7 Å². The van der Waals surface area contributed by atoms with E-state index in [-0.39, 0.29) is 11.6 Å². The van der Waals surface area contributed by atoms with Crippen molar-refractivity contribution >= 4 is 33.3 Å². The van der Waals surface area contributed by atoms with E-state index >= 15 is 0 Å². The van der Waals surface area contributed by atoms with Gasteiger partial charge in [-0.05, 0) is 42.3 Å². The maximum Gasteiger partial charge on any atom is 0.276 e. The standard InChI is InChI=1S/C19H17BrN4O/c1-13-7-8-15(11-16(13)20)22-19(25)17-9-10-18(24-23-17)21-12-14-5-3-2-4-6-14/h2-11H,12H2,1H3,(H,21,24)(H,22,25). The van der Waals surface area contributed by atoms with Gasteiger partial charge in [-0.15, -0.1) is 10.2 Å². The van der Waals surface area contributed by atoms with Crippen LogP contribution in [0.15, 0.2) is 65.1 Å². The third-order valence-corrected chi connectivity index (χ3v) is 4.50. The number of nitrogens with one attached hydrogen (secondary N) is 2. The van der Waals surface area contributed by atoms with Gasteiger partial charge in [0.2, 0.25) is 0 Å². The molecule has 0 unspecified atom stereocenters. The smallest absolute Gasteiger partial charge is 0.276 e. The largest absolute Gasteiger partial charge is 0.365 e. The van der Waals surface area contributed by atoms with Crippen molar-refractivity contribution in [1.29, 1.82) is 0 Å². The summed E-state index contributed by atoms with van der Waals surface area (Å²) in [6, 6.07) is 19.0. The minimum absolute atomic E-state index is 0.266. The first kappa shape index (κ1) is 17.1. The van der Waals surface area contributed by atoms with Crippen molar-refractivity contribution in [2.75, 3.05) is 10.6 Å². The molecule has 0 bridgehead atoms. The Bertz CT molecular complexity index is 866. The van der Waals surface area contributed by atoms with E-state index in [1.807, 2.05) is 55.5 Å². The molecule has 1 amide bonds. The molecule has 0 radical (unpaired) electrons. The Morgan fingerprint density at radius 2 is 1.84 bits per heavy atom. The van der Waals surface area contributed by atoms with Crippen LogP contribution in [0.1, 0.15) is 21.6 Å². The summed E-state index contributed by atoms with van der Waals surface area (Å²) in [5, 5.41) is 14.0. The highest BCUT2D eigenvalue weighted by atomic mass is 79.9. The number of carbonyl (C=O) groups is 1. The van der Waals surface area contributed by atoms with E-state index < -0.39 is 0 Å². The molecule has 3 rings (SSSR count). The maximum absolute atomic E-state index is 12.3. The van der Waals surface area contributed by atoms with Crippen molar-refractivity contribution in [2.45, 2.75) is 13.5 Å². The molecule has 0 fully saturated rings. The molecule has 1 heterocycles. The molecule has 126 valence electrons. The van der Waals surface area contributed by atoms with Crippen LogP contribution in [0.3, 0.4) is 0 Å². The normalized spacial score (nSPS) is 10.3. The van der Waals surface area contributed by atoms with E-state index in [2.05, 4.69) is 36.8 Å². The van der Waals surface area contributed by atoms with Crippen molar-refractivity contribution in [3.8, 4) is 0 Å². The minimum atomic E-state index is -0.294. The molecular formula is C19H17BrN4O. The van der Waals surface area contributed by atoms with Crippen molar-refractivity contribution in [1.82, 2.24) is 10.2 Å². The first-order chi connectivity index (χ1) is 12.1. The van der Waals surface area contributed by atoms with Gasteiger partial charge in [0.05, 0.1) is 0 Å². The first-order valence-corrected chi connectivity index (χ1v) is 8.60. The third-order valence-electron chi connectivity index (χ3n) is 3.64. The van der Waals surface area contributed by atoms with E-state index in [1.54, 1.807) is 12.1 Å². The quantitative estimate of drug-likeness (QED) is 0.669. The SMILES string of the molecule is Cc1ccc(NC(=O)c2ccc(NCc3ccccc3)nn2)cc1Br. The molecule has 0 spiro atoms. The molecule has 2 N–H and O–H groups in total. The highest BCUT2D eigenvalue weighted by Crippen LogP contribution is 2.21. The number of carbonyl (C=O) groups excluding carboxylic acids is 1. The van der Waals surface area contributed by atoms with Crippen LogP contribution in [-0.2, 0) is 6.54 Å². The minimum Gasteiger partial charge on any atom is -0.365 e. The number of amides is 1. The van der Waals surface area contributed by atoms with Gasteiger partial charge in [-0.1, -0.05) is 52.3 Å². The second-order valence-corrected chi connectivity index (χ2v) is 6.42. The third kappa shape index (κ3) is 4.64. The molecule has 2 aromatic carbocycles. The topological polar surface area (TPSA) is 66.9 Å². The molecular weight excluding hydrogens is 380 g/mol. The summed E-state index contributed by atoms with van der Waals surface area (Å²) in [7, 11) is 0. The number of anilines is 2. The van der Waals surface area contributed by atoms with Gasteiger partial charge in [0.15, 0.2) is 5.69 Å². The summed E-state index contributed by atoms with van der Waals surface area (Å²) in [5.41, 5.74) is 3.22. The van der Waals surface area contributed by atoms with E-state index in [4.69, 9.17) is 0 Å². The lowest BCUT2D eigenvalue weighted by Crippen LogP contribution is -2.15. The number of rotatable bonds is 5. The summed E-state index contributed by atoms with van der Waals surface area (Å²) in [6.45, 7) is 2.64. The predicted octanol–water partition coefficient (Wildman–Crippen LogP) is 4.41. The summed E-state index contributed by atoms with van der Waals surface area (Å²) in [4.78, 5) is 12.3. The Labute approximate surface area is 154 Å². The van der Waals surface area contributed by atoms with E-state index in [0.717, 1.165) is 15.6 Å². The molecule has 0 aliphatic carbocycles. The number of nitrogens with zero attached hydrogens (tertiary/aromatic N) is 2. The van der Waals surface area contributed by atoms with Crippen LogP contribution in [-0.4, -0.2) is 16.1 Å². The zero-order chi connectivity index (χ0) is 17.6. The Kier molecular flexibility index (Phi) is 5.40. The molecule has 0 aliphatic rings. The number of hydrogen-bond acceptors (Lipinski definition) is 4. The fourth-order valence-electron chi connectivity index (χ4n) is 2.20. The van der Waals surface area contributed by atoms with Crippen LogP contribution in [0.2, 0.25) is 0 Å². The second-order valence-electron chi connectivity index (χ2n) is 5.56. The lowest BCUT2D eigenvalue weighted by Gasteiger charge is -2.07. The van der Waals surface area contributed by atoms with Gasteiger partial charge in [0.25, 0.3) is 5.91 Å². The van der Waals surface area contributed by atoms with Gasteiger partial charge in [0.1, 0.15) is 5.82 Å². The van der Waals surface area contributed by atoms with Crippen molar-refractivity contribution in [2.24, 2.45) is 0 Å². The average molecular weight is 397 g/mol. The fourth-order valence-corrected chi connectivity index (χ4v) is 2.58.